The second-order valence-electron chi connectivity index (χ2n) is 4.33. The number of hydrogen-bond acceptors (Lipinski definition) is 8. The Hall–Kier alpha value is -2.92. The maximum absolute atomic E-state index is 10.6. The lowest BCUT2D eigenvalue weighted by molar-refractivity contribution is 0.204. The molecule has 4 rings (SSSR count). The Morgan fingerprint density at radius 2 is 2.00 bits per heavy atom. The third kappa shape index (κ3) is 1.91. The van der Waals surface area contributed by atoms with Crippen LogP contribution in [-0.2, 0) is 0 Å². The number of rotatable bonds is 3. The molecule has 12 heteroatoms. The van der Waals surface area contributed by atoms with Gasteiger partial charge in [-0.25, -0.2) is 4.98 Å². The average Bonchev–Trinajstić information content (AvgIpc) is 3.25. The van der Waals surface area contributed by atoms with Crippen molar-refractivity contribution in [2.75, 3.05) is 0 Å². The number of tetrazole rings is 2. The van der Waals surface area contributed by atoms with Crippen molar-refractivity contribution in [2.45, 2.75) is 6.10 Å². The molecule has 3 N–H and O–H groups in total. The van der Waals surface area contributed by atoms with E-state index in [4.69, 9.17) is 11.6 Å². The number of imidazole rings is 1. The zero-order chi connectivity index (χ0) is 15.1. The highest BCUT2D eigenvalue weighted by atomic mass is 35.5. The molecule has 22 heavy (non-hydrogen) atoms. The summed E-state index contributed by atoms with van der Waals surface area (Å²) in [4.78, 5) is 4.39. The van der Waals surface area contributed by atoms with E-state index in [1.54, 1.807) is 22.7 Å². The molecule has 0 fully saturated rings. The van der Waals surface area contributed by atoms with E-state index in [1.807, 2.05) is 0 Å². The minimum absolute atomic E-state index is 0.0986. The normalized spacial score (nSPS) is 12.8. The first kappa shape index (κ1) is 12.8. The van der Waals surface area contributed by atoms with Crippen LogP contribution in [0.1, 0.15) is 17.6 Å². The van der Waals surface area contributed by atoms with Gasteiger partial charge in [0, 0.05) is 17.3 Å². The number of aromatic amines is 2. The van der Waals surface area contributed by atoms with E-state index < -0.39 is 6.10 Å². The highest BCUT2D eigenvalue weighted by Gasteiger charge is 2.27. The van der Waals surface area contributed by atoms with Gasteiger partial charge in [0.25, 0.3) is 0 Å². The Kier molecular flexibility index (Phi) is 2.80. The smallest absolute Gasteiger partial charge is 0.224 e. The van der Waals surface area contributed by atoms with Crippen LogP contribution in [0.15, 0.2) is 18.3 Å². The van der Waals surface area contributed by atoms with Gasteiger partial charge in [0.1, 0.15) is 11.3 Å². The summed E-state index contributed by atoms with van der Waals surface area (Å²) in [5.41, 5.74) is 1.24. The number of hydrogen-bond donors (Lipinski definition) is 3. The summed E-state index contributed by atoms with van der Waals surface area (Å²) in [5, 5.41) is 38.0. The summed E-state index contributed by atoms with van der Waals surface area (Å²) in [6.45, 7) is 0. The number of H-pyrrole nitrogens is 2. The molecule has 0 aromatic carbocycles. The predicted octanol–water partition coefficient (Wildman–Crippen LogP) is -0.237. The van der Waals surface area contributed by atoms with Gasteiger partial charge in [0.2, 0.25) is 11.6 Å². The highest BCUT2D eigenvalue weighted by molar-refractivity contribution is 6.30. The van der Waals surface area contributed by atoms with Crippen molar-refractivity contribution in [3.05, 3.63) is 34.9 Å². The van der Waals surface area contributed by atoms with Crippen LogP contribution in [0.3, 0.4) is 0 Å². The lowest BCUT2D eigenvalue weighted by atomic mass is 10.2. The van der Waals surface area contributed by atoms with Crippen LogP contribution < -0.4 is 0 Å². The van der Waals surface area contributed by atoms with E-state index in [-0.39, 0.29) is 11.6 Å². The van der Waals surface area contributed by atoms with Gasteiger partial charge < -0.3 is 9.51 Å². The predicted molar refractivity (Wildman–Crippen MR) is 71.6 cm³/mol. The van der Waals surface area contributed by atoms with Crippen molar-refractivity contribution in [1.29, 1.82) is 0 Å². The van der Waals surface area contributed by atoms with Crippen LogP contribution in [0.5, 0.6) is 0 Å². The zero-order valence-corrected chi connectivity index (χ0v) is 11.5. The van der Waals surface area contributed by atoms with E-state index in [0.29, 0.717) is 22.1 Å². The standard InChI is InChI=1S/C10H7ClN10O/c11-4-1-2-21-5(3-4)12-6(9-13-17-18-14-9)7(21)8(22)10-15-19-20-16-10/h1-3,8,22H,(H,13,14,17,18)(H,15,16,19,20). The van der Waals surface area contributed by atoms with Crippen molar-refractivity contribution in [2.24, 2.45) is 0 Å². The first-order chi connectivity index (χ1) is 10.7. The Bertz CT molecular complexity index is 915. The van der Waals surface area contributed by atoms with Gasteiger partial charge in [0.05, 0.1) is 5.69 Å². The van der Waals surface area contributed by atoms with E-state index >= 15 is 0 Å². The zero-order valence-electron chi connectivity index (χ0n) is 10.7. The van der Waals surface area contributed by atoms with Crippen molar-refractivity contribution in [1.82, 2.24) is 50.6 Å². The number of fused-ring (bicyclic) bond motifs is 1. The number of halogens is 1. The van der Waals surface area contributed by atoms with Crippen molar-refractivity contribution >= 4 is 17.2 Å². The molecule has 0 aliphatic rings. The molecule has 4 aromatic rings. The Morgan fingerprint density at radius 3 is 2.73 bits per heavy atom. The van der Waals surface area contributed by atoms with Gasteiger partial charge >= 0.3 is 0 Å². The molecule has 1 atom stereocenters. The van der Waals surface area contributed by atoms with E-state index in [1.165, 1.54) is 0 Å². The molecule has 11 nitrogen and oxygen atoms in total. The van der Waals surface area contributed by atoms with Gasteiger partial charge in [-0.15, -0.1) is 20.4 Å². The molecule has 0 saturated heterocycles. The molecule has 4 aromatic heterocycles. The van der Waals surface area contributed by atoms with Gasteiger partial charge in [-0.1, -0.05) is 16.8 Å². The van der Waals surface area contributed by atoms with Crippen LogP contribution in [0.4, 0.5) is 0 Å². The van der Waals surface area contributed by atoms with Crippen LogP contribution in [0.2, 0.25) is 5.02 Å². The molecule has 0 aliphatic carbocycles. The Balaban J connectivity index is 1.99. The lowest BCUT2D eigenvalue weighted by Crippen LogP contribution is -2.07. The maximum Gasteiger partial charge on any atom is 0.224 e. The summed E-state index contributed by atoms with van der Waals surface area (Å²) in [7, 11) is 0. The average molecular weight is 319 g/mol. The summed E-state index contributed by atoms with van der Waals surface area (Å²) < 4.78 is 1.65. The van der Waals surface area contributed by atoms with E-state index in [0.717, 1.165) is 0 Å². The fraction of sp³-hybridized carbons (Fsp3) is 0.100. The quantitative estimate of drug-likeness (QED) is 0.469. The van der Waals surface area contributed by atoms with Gasteiger partial charge in [-0.2, -0.15) is 10.4 Å². The third-order valence-corrected chi connectivity index (χ3v) is 3.28. The first-order valence-electron chi connectivity index (χ1n) is 6.07. The first-order valence-corrected chi connectivity index (χ1v) is 6.44. The number of nitrogens with one attached hydrogen (secondary N) is 2. The van der Waals surface area contributed by atoms with E-state index in [9.17, 15) is 5.11 Å². The molecular weight excluding hydrogens is 312 g/mol. The molecular formula is C10H7ClN10O. The van der Waals surface area contributed by atoms with Crippen molar-refractivity contribution in [3.8, 4) is 11.5 Å². The molecule has 0 amide bonds. The second-order valence-corrected chi connectivity index (χ2v) is 4.76. The van der Waals surface area contributed by atoms with Gasteiger partial charge in [-0.3, -0.25) is 0 Å². The van der Waals surface area contributed by atoms with Crippen LogP contribution in [-0.4, -0.2) is 55.7 Å². The Morgan fingerprint density at radius 1 is 1.18 bits per heavy atom. The topological polar surface area (TPSA) is 146 Å². The molecule has 110 valence electrons. The Labute approximate surface area is 126 Å². The summed E-state index contributed by atoms with van der Waals surface area (Å²) in [5.74, 6) is 0.332. The molecule has 0 bridgehead atoms. The molecule has 0 radical (unpaired) electrons. The fourth-order valence-corrected chi connectivity index (χ4v) is 2.29. The minimum atomic E-state index is -1.18. The number of pyridine rings is 1. The van der Waals surface area contributed by atoms with Crippen LogP contribution in [0.25, 0.3) is 17.2 Å². The van der Waals surface area contributed by atoms with Gasteiger partial charge in [-0.05, 0) is 11.3 Å². The largest absolute Gasteiger partial charge is 0.379 e. The maximum atomic E-state index is 10.6. The summed E-state index contributed by atoms with van der Waals surface area (Å²) >= 11 is 5.98. The molecule has 0 spiro atoms. The SMILES string of the molecule is OC(c1nn[nH]n1)c1c(-c2nn[nH]n2)nc2cc(Cl)ccn12. The van der Waals surface area contributed by atoms with Crippen LogP contribution in [0, 0.1) is 0 Å². The third-order valence-electron chi connectivity index (χ3n) is 3.05. The van der Waals surface area contributed by atoms with Crippen LogP contribution >= 0.6 is 11.6 Å². The molecule has 4 heterocycles. The summed E-state index contributed by atoms with van der Waals surface area (Å²) in [6.07, 6.45) is 0.496. The molecule has 0 saturated carbocycles. The number of nitrogens with zero attached hydrogens (tertiary/aromatic N) is 8. The minimum Gasteiger partial charge on any atom is -0.379 e. The fourth-order valence-electron chi connectivity index (χ4n) is 2.13. The second kappa shape index (κ2) is 4.82. The number of aliphatic hydroxyl groups excluding tert-OH is 1. The van der Waals surface area contributed by atoms with Gasteiger partial charge in [0.15, 0.2) is 6.10 Å². The monoisotopic (exact) mass is 318 g/mol. The number of aromatic nitrogens is 10. The molecule has 1 unspecified atom stereocenters. The highest BCUT2D eigenvalue weighted by Crippen LogP contribution is 2.29. The van der Waals surface area contributed by atoms with Crippen molar-refractivity contribution < 1.29 is 5.11 Å². The van der Waals surface area contributed by atoms with E-state index in [2.05, 4.69) is 46.2 Å². The number of aliphatic hydroxyl groups is 1. The lowest BCUT2D eigenvalue weighted by Gasteiger charge is -2.07. The molecule has 0 aliphatic heterocycles. The summed E-state index contributed by atoms with van der Waals surface area (Å²) in [6, 6.07) is 3.32. The van der Waals surface area contributed by atoms with Crippen molar-refractivity contribution in [3.63, 3.8) is 0 Å².